The van der Waals surface area contributed by atoms with Gasteiger partial charge >= 0.3 is 0 Å². The summed E-state index contributed by atoms with van der Waals surface area (Å²) in [5.74, 6) is 0.832. The summed E-state index contributed by atoms with van der Waals surface area (Å²) < 4.78 is 5.74. The van der Waals surface area contributed by atoms with Gasteiger partial charge in [0, 0.05) is 12.2 Å². The molecule has 0 aliphatic rings. The lowest BCUT2D eigenvalue weighted by Crippen LogP contribution is -2.23. The van der Waals surface area contributed by atoms with E-state index in [4.69, 9.17) is 4.74 Å². The van der Waals surface area contributed by atoms with Crippen LogP contribution in [0.5, 0.6) is 5.75 Å². The first-order chi connectivity index (χ1) is 10.2. The minimum atomic E-state index is 0.161. The lowest BCUT2D eigenvalue weighted by atomic mass is 10.00. The molecular formula is C18H24N2O. The third-order valence-corrected chi connectivity index (χ3v) is 3.24. The number of nitrogens with one attached hydrogen (secondary N) is 1. The number of pyridine rings is 1. The van der Waals surface area contributed by atoms with Gasteiger partial charge in [0.25, 0.3) is 0 Å². The number of rotatable bonds is 7. The van der Waals surface area contributed by atoms with Gasteiger partial charge in [0.1, 0.15) is 5.75 Å². The van der Waals surface area contributed by atoms with Crippen LogP contribution in [0.4, 0.5) is 0 Å². The Labute approximate surface area is 127 Å². The van der Waals surface area contributed by atoms with Gasteiger partial charge in [-0.15, -0.1) is 0 Å². The fourth-order valence-electron chi connectivity index (χ4n) is 2.37. The first-order valence-corrected chi connectivity index (χ1v) is 7.58. The van der Waals surface area contributed by atoms with Crippen LogP contribution in [0.25, 0.3) is 0 Å². The third-order valence-electron chi connectivity index (χ3n) is 3.24. The first-order valence-electron chi connectivity index (χ1n) is 7.58. The smallest absolute Gasteiger partial charge is 0.138 e. The highest BCUT2D eigenvalue weighted by atomic mass is 16.5. The zero-order valence-electron chi connectivity index (χ0n) is 13.0. The maximum atomic E-state index is 5.74. The van der Waals surface area contributed by atoms with Crippen LogP contribution in [-0.2, 0) is 6.42 Å². The number of hydrogen-bond donors (Lipinski definition) is 1. The molecule has 112 valence electrons. The van der Waals surface area contributed by atoms with Crippen LogP contribution in [-0.4, -0.2) is 17.6 Å². The fourth-order valence-corrected chi connectivity index (χ4v) is 2.37. The molecule has 0 radical (unpaired) electrons. The van der Waals surface area contributed by atoms with Crippen molar-refractivity contribution in [1.82, 2.24) is 10.3 Å². The van der Waals surface area contributed by atoms with Gasteiger partial charge in [-0.2, -0.15) is 0 Å². The molecule has 1 atom stereocenters. The van der Waals surface area contributed by atoms with Crippen molar-refractivity contribution in [2.45, 2.75) is 39.3 Å². The number of nitrogens with zero attached hydrogens (tertiary/aromatic N) is 1. The van der Waals surface area contributed by atoms with Crippen LogP contribution in [0.15, 0.2) is 48.8 Å². The van der Waals surface area contributed by atoms with Crippen molar-refractivity contribution in [3.05, 3.63) is 59.9 Å². The monoisotopic (exact) mass is 284 g/mol. The van der Waals surface area contributed by atoms with Crippen LogP contribution in [0, 0.1) is 0 Å². The Kier molecular flexibility index (Phi) is 5.76. The summed E-state index contributed by atoms with van der Waals surface area (Å²) in [6.45, 7) is 7.10. The standard InChI is InChI=1S/C18H24N2O/c1-4-20-18(10-15-8-6-5-7-9-15)16-11-17(13-19-12-16)21-14(2)3/h5-9,11-14,18,20H,4,10H2,1-3H3. The Morgan fingerprint density at radius 1 is 1.14 bits per heavy atom. The predicted octanol–water partition coefficient (Wildman–Crippen LogP) is 3.76. The molecule has 3 heteroatoms. The van der Waals surface area contributed by atoms with Crippen molar-refractivity contribution in [2.75, 3.05) is 6.54 Å². The van der Waals surface area contributed by atoms with E-state index in [1.54, 1.807) is 6.20 Å². The normalized spacial score (nSPS) is 12.4. The largest absolute Gasteiger partial charge is 0.489 e. The topological polar surface area (TPSA) is 34.2 Å². The number of hydrogen-bond acceptors (Lipinski definition) is 3. The fraction of sp³-hybridized carbons (Fsp3) is 0.389. The molecule has 0 spiro atoms. The quantitative estimate of drug-likeness (QED) is 0.840. The lowest BCUT2D eigenvalue weighted by molar-refractivity contribution is 0.241. The molecule has 1 unspecified atom stereocenters. The second-order valence-corrected chi connectivity index (χ2v) is 5.42. The maximum Gasteiger partial charge on any atom is 0.138 e. The summed E-state index contributed by atoms with van der Waals surface area (Å²) in [5, 5.41) is 3.53. The van der Waals surface area contributed by atoms with E-state index in [9.17, 15) is 0 Å². The third kappa shape index (κ3) is 4.87. The van der Waals surface area contributed by atoms with E-state index in [-0.39, 0.29) is 12.1 Å². The molecule has 1 aromatic carbocycles. The molecule has 0 aliphatic carbocycles. The van der Waals surface area contributed by atoms with E-state index in [1.165, 1.54) is 11.1 Å². The van der Waals surface area contributed by atoms with Crippen molar-refractivity contribution in [3.8, 4) is 5.75 Å². The van der Waals surface area contributed by atoms with Gasteiger partial charge in [-0.25, -0.2) is 0 Å². The number of aromatic nitrogens is 1. The van der Waals surface area contributed by atoms with Crippen molar-refractivity contribution in [3.63, 3.8) is 0 Å². The summed E-state index contributed by atoms with van der Waals surface area (Å²) in [7, 11) is 0. The van der Waals surface area contributed by atoms with Gasteiger partial charge in [-0.1, -0.05) is 37.3 Å². The predicted molar refractivity (Wildman–Crippen MR) is 86.6 cm³/mol. The Bertz CT molecular complexity index is 540. The minimum absolute atomic E-state index is 0.161. The zero-order chi connectivity index (χ0) is 15.1. The summed E-state index contributed by atoms with van der Waals surface area (Å²) in [6, 6.07) is 12.9. The summed E-state index contributed by atoms with van der Waals surface area (Å²) in [5.41, 5.74) is 2.48. The molecule has 3 nitrogen and oxygen atoms in total. The van der Waals surface area contributed by atoms with Crippen molar-refractivity contribution < 1.29 is 4.74 Å². The number of likely N-dealkylation sites (N-methyl/N-ethyl adjacent to an activating group) is 1. The average Bonchev–Trinajstić information content (AvgIpc) is 2.47. The molecule has 21 heavy (non-hydrogen) atoms. The number of benzene rings is 1. The van der Waals surface area contributed by atoms with E-state index in [0.29, 0.717) is 0 Å². The molecule has 0 saturated heterocycles. The van der Waals surface area contributed by atoms with Gasteiger partial charge in [0.15, 0.2) is 0 Å². The van der Waals surface area contributed by atoms with E-state index in [2.05, 4.69) is 47.6 Å². The highest BCUT2D eigenvalue weighted by molar-refractivity contribution is 5.28. The van der Waals surface area contributed by atoms with Gasteiger partial charge < -0.3 is 10.1 Å². The molecule has 0 amide bonds. The molecule has 0 saturated carbocycles. The molecule has 1 aromatic heterocycles. The van der Waals surface area contributed by atoms with Crippen LogP contribution in [0.2, 0.25) is 0 Å². The van der Waals surface area contributed by atoms with Gasteiger partial charge in [0.2, 0.25) is 0 Å². The molecular weight excluding hydrogens is 260 g/mol. The molecule has 2 aromatic rings. The Morgan fingerprint density at radius 3 is 2.57 bits per heavy atom. The Hall–Kier alpha value is -1.87. The average molecular weight is 284 g/mol. The molecule has 0 fully saturated rings. The molecule has 0 aliphatic heterocycles. The van der Waals surface area contributed by atoms with Gasteiger partial charge in [-0.05, 0) is 44.0 Å². The molecule has 0 bridgehead atoms. The first kappa shape index (κ1) is 15.5. The van der Waals surface area contributed by atoms with Crippen LogP contribution in [0.3, 0.4) is 0 Å². The Balaban J connectivity index is 2.17. The molecule has 1 N–H and O–H groups in total. The summed E-state index contributed by atoms with van der Waals surface area (Å²) >= 11 is 0. The van der Waals surface area contributed by atoms with E-state index < -0.39 is 0 Å². The number of ether oxygens (including phenoxy) is 1. The molecule has 1 heterocycles. The van der Waals surface area contributed by atoms with E-state index in [1.807, 2.05) is 26.1 Å². The van der Waals surface area contributed by atoms with Crippen molar-refractivity contribution in [2.24, 2.45) is 0 Å². The minimum Gasteiger partial charge on any atom is -0.489 e. The van der Waals surface area contributed by atoms with Gasteiger partial charge in [0.05, 0.1) is 12.3 Å². The highest BCUT2D eigenvalue weighted by Crippen LogP contribution is 2.22. The van der Waals surface area contributed by atoms with E-state index >= 15 is 0 Å². The summed E-state index contributed by atoms with van der Waals surface area (Å²) in [6.07, 6.45) is 4.80. The molecule has 2 rings (SSSR count). The van der Waals surface area contributed by atoms with Crippen molar-refractivity contribution >= 4 is 0 Å². The van der Waals surface area contributed by atoms with Crippen LogP contribution in [0.1, 0.15) is 37.9 Å². The van der Waals surface area contributed by atoms with E-state index in [0.717, 1.165) is 18.7 Å². The zero-order valence-corrected chi connectivity index (χ0v) is 13.0. The van der Waals surface area contributed by atoms with Crippen molar-refractivity contribution in [1.29, 1.82) is 0 Å². The lowest BCUT2D eigenvalue weighted by Gasteiger charge is -2.19. The Morgan fingerprint density at radius 2 is 1.90 bits per heavy atom. The maximum absolute atomic E-state index is 5.74. The highest BCUT2D eigenvalue weighted by Gasteiger charge is 2.13. The van der Waals surface area contributed by atoms with Gasteiger partial charge in [-0.3, -0.25) is 4.98 Å². The van der Waals surface area contributed by atoms with Crippen LogP contribution >= 0.6 is 0 Å². The SMILES string of the molecule is CCNC(Cc1ccccc1)c1cncc(OC(C)C)c1. The second-order valence-electron chi connectivity index (χ2n) is 5.42. The van der Waals surface area contributed by atoms with Crippen LogP contribution < -0.4 is 10.1 Å². The second kappa shape index (κ2) is 7.79. The summed E-state index contributed by atoms with van der Waals surface area (Å²) in [4.78, 5) is 4.32.